The van der Waals surface area contributed by atoms with Crippen molar-refractivity contribution in [3.8, 4) is 0 Å². The van der Waals surface area contributed by atoms with E-state index in [1.807, 2.05) is 17.9 Å². The van der Waals surface area contributed by atoms with Gasteiger partial charge in [0.15, 0.2) is 0 Å². The zero-order valence-corrected chi connectivity index (χ0v) is 9.12. The number of nitrogens with zero attached hydrogens (tertiary/aromatic N) is 2. The first-order valence-electron chi connectivity index (χ1n) is 5.08. The molecule has 0 spiro atoms. The number of anilines is 1. The van der Waals surface area contributed by atoms with E-state index < -0.39 is 0 Å². The summed E-state index contributed by atoms with van der Waals surface area (Å²) in [5.41, 5.74) is 2.16. The fraction of sp³-hybridized carbons (Fsp3) is 0.700. The van der Waals surface area contributed by atoms with Crippen LogP contribution in [0.2, 0.25) is 0 Å². The molecule has 80 valence electrons. The maximum absolute atomic E-state index is 9.10. The lowest BCUT2D eigenvalue weighted by Crippen LogP contribution is -2.10. The molecule has 1 aromatic heterocycles. The molecule has 0 aliphatic carbocycles. The Kier molecular flexibility index (Phi) is 3.95. The minimum atomic E-state index is -0.246. The zero-order valence-electron chi connectivity index (χ0n) is 9.12. The molecule has 2 N–H and O–H groups in total. The van der Waals surface area contributed by atoms with E-state index in [9.17, 15) is 0 Å². The Hall–Kier alpha value is -1.03. The van der Waals surface area contributed by atoms with E-state index in [2.05, 4.69) is 17.3 Å². The first-order valence-corrected chi connectivity index (χ1v) is 5.08. The Labute approximate surface area is 84.9 Å². The van der Waals surface area contributed by atoms with Gasteiger partial charge in [0.25, 0.3) is 0 Å². The van der Waals surface area contributed by atoms with Gasteiger partial charge in [0.05, 0.1) is 17.5 Å². The summed E-state index contributed by atoms with van der Waals surface area (Å²) in [6.45, 7) is 4.67. The average molecular weight is 197 g/mol. The van der Waals surface area contributed by atoms with Crippen LogP contribution in [0.3, 0.4) is 0 Å². The first-order chi connectivity index (χ1) is 6.63. The van der Waals surface area contributed by atoms with Crippen molar-refractivity contribution in [3.05, 3.63) is 11.9 Å². The van der Waals surface area contributed by atoms with Crippen molar-refractivity contribution in [1.82, 2.24) is 9.78 Å². The molecule has 0 aliphatic rings. The quantitative estimate of drug-likeness (QED) is 0.745. The van der Waals surface area contributed by atoms with Crippen molar-refractivity contribution >= 4 is 5.69 Å². The second-order valence-electron chi connectivity index (χ2n) is 3.58. The number of aliphatic hydroxyl groups is 1. The number of aryl methyl sites for hydroxylation is 2. The average Bonchev–Trinajstić information content (AvgIpc) is 2.45. The smallest absolute Gasteiger partial charge is 0.0853 e. The van der Waals surface area contributed by atoms with Crippen LogP contribution in [0.5, 0.6) is 0 Å². The Bertz CT molecular complexity index is 281. The molecule has 0 bridgehead atoms. The van der Waals surface area contributed by atoms with E-state index in [1.54, 1.807) is 6.92 Å². The predicted octanol–water partition coefficient (Wildman–Crippen LogP) is 1.17. The van der Waals surface area contributed by atoms with Crippen LogP contribution in [0.15, 0.2) is 6.20 Å². The van der Waals surface area contributed by atoms with Crippen molar-refractivity contribution in [2.75, 3.05) is 11.9 Å². The Balaban J connectivity index is 2.48. The summed E-state index contributed by atoms with van der Waals surface area (Å²) in [7, 11) is 1.92. The number of rotatable bonds is 5. The Morgan fingerprint density at radius 2 is 2.36 bits per heavy atom. The largest absolute Gasteiger partial charge is 0.393 e. The molecule has 1 unspecified atom stereocenters. The van der Waals surface area contributed by atoms with Crippen molar-refractivity contribution in [3.63, 3.8) is 0 Å². The molecule has 1 atom stereocenters. The van der Waals surface area contributed by atoms with E-state index in [0.29, 0.717) is 0 Å². The lowest BCUT2D eigenvalue weighted by atomic mass is 10.2. The SMILES string of the molecule is CCc1nn(C)cc1NCCC(C)O. The molecule has 0 aromatic carbocycles. The maximum Gasteiger partial charge on any atom is 0.0853 e. The molecule has 0 amide bonds. The molecule has 0 fully saturated rings. The van der Waals surface area contributed by atoms with Crippen LogP contribution in [0, 0.1) is 0 Å². The van der Waals surface area contributed by atoms with Gasteiger partial charge >= 0.3 is 0 Å². The topological polar surface area (TPSA) is 50.1 Å². The molecule has 0 saturated heterocycles. The van der Waals surface area contributed by atoms with Crippen molar-refractivity contribution in [2.24, 2.45) is 7.05 Å². The lowest BCUT2D eigenvalue weighted by molar-refractivity contribution is 0.189. The summed E-state index contributed by atoms with van der Waals surface area (Å²) >= 11 is 0. The van der Waals surface area contributed by atoms with Crippen molar-refractivity contribution in [2.45, 2.75) is 32.8 Å². The third-order valence-corrected chi connectivity index (χ3v) is 2.12. The molecular formula is C10H19N3O. The third-order valence-electron chi connectivity index (χ3n) is 2.12. The van der Waals surface area contributed by atoms with Crippen LogP contribution in [-0.4, -0.2) is 27.5 Å². The van der Waals surface area contributed by atoms with Crippen LogP contribution in [0.4, 0.5) is 5.69 Å². The van der Waals surface area contributed by atoms with E-state index in [4.69, 9.17) is 5.11 Å². The molecule has 0 radical (unpaired) electrons. The highest BCUT2D eigenvalue weighted by Crippen LogP contribution is 2.13. The van der Waals surface area contributed by atoms with E-state index >= 15 is 0 Å². The highest BCUT2D eigenvalue weighted by atomic mass is 16.3. The van der Waals surface area contributed by atoms with Crippen LogP contribution in [0.1, 0.15) is 26.0 Å². The minimum absolute atomic E-state index is 0.246. The normalized spacial score (nSPS) is 12.9. The standard InChI is InChI=1S/C10H19N3O/c1-4-9-10(7-13(3)12-9)11-6-5-8(2)14/h7-8,11,14H,4-6H2,1-3H3. The monoisotopic (exact) mass is 197 g/mol. The fourth-order valence-electron chi connectivity index (χ4n) is 1.36. The molecule has 4 nitrogen and oxygen atoms in total. The minimum Gasteiger partial charge on any atom is -0.393 e. The second-order valence-corrected chi connectivity index (χ2v) is 3.58. The molecule has 1 heterocycles. The Morgan fingerprint density at radius 1 is 1.64 bits per heavy atom. The summed E-state index contributed by atoms with van der Waals surface area (Å²) < 4.78 is 1.81. The van der Waals surface area contributed by atoms with Crippen LogP contribution < -0.4 is 5.32 Å². The third kappa shape index (κ3) is 3.03. The van der Waals surface area contributed by atoms with Crippen LogP contribution in [-0.2, 0) is 13.5 Å². The number of aliphatic hydroxyl groups excluding tert-OH is 1. The first kappa shape index (κ1) is 11.0. The van der Waals surface area contributed by atoms with Gasteiger partial charge in [0.1, 0.15) is 0 Å². The van der Waals surface area contributed by atoms with Gasteiger partial charge in [0.2, 0.25) is 0 Å². The van der Waals surface area contributed by atoms with Crippen LogP contribution >= 0.6 is 0 Å². The number of hydrogen-bond donors (Lipinski definition) is 2. The molecule has 0 aliphatic heterocycles. The summed E-state index contributed by atoms with van der Waals surface area (Å²) in [4.78, 5) is 0. The number of hydrogen-bond acceptors (Lipinski definition) is 3. The van der Waals surface area contributed by atoms with Crippen molar-refractivity contribution in [1.29, 1.82) is 0 Å². The molecule has 14 heavy (non-hydrogen) atoms. The number of aromatic nitrogens is 2. The van der Waals surface area contributed by atoms with Gasteiger partial charge < -0.3 is 10.4 Å². The summed E-state index contributed by atoms with van der Waals surface area (Å²) in [5, 5.41) is 16.7. The zero-order chi connectivity index (χ0) is 10.6. The molecule has 0 saturated carbocycles. The molecular weight excluding hydrogens is 178 g/mol. The number of nitrogens with one attached hydrogen (secondary N) is 1. The van der Waals surface area contributed by atoms with Gasteiger partial charge in [0, 0.05) is 19.8 Å². The highest BCUT2D eigenvalue weighted by Gasteiger charge is 2.04. The van der Waals surface area contributed by atoms with Gasteiger partial charge in [-0.2, -0.15) is 5.10 Å². The molecule has 1 aromatic rings. The Morgan fingerprint density at radius 3 is 2.93 bits per heavy atom. The van der Waals surface area contributed by atoms with Gasteiger partial charge in [-0.05, 0) is 19.8 Å². The van der Waals surface area contributed by atoms with E-state index in [0.717, 1.165) is 30.8 Å². The van der Waals surface area contributed by atoms with Gasteiger partial charge in [-0.3, -0.25) is 4.68 Å². The summed E-state index contributed by atoms with van der Waals surface area (Å²) in [6, 6.07) is 0. The van der Waals surface area contributed by atoms with Crippen LogP contribution in [0.25, 0.3) is 0 Å². The lowest BCUT2D eigenvalue weighted by Gasteiger charge is -2.06. The predicted molar refractivity (Wildman–Crippen MR) is 57.4 cm³/mol. The molecule has 1 rings (SSSR count). The van der Waals surface area contributed by atoms with Gasteiger partial charge in [-0.25, -0.2) is 0 Å². The van der Waals surface area contributed by atoms with E-state index in [-0.39, 0.29) is 6.10 Å². The maximum atomic E-state index is 9.10. The molecule has 4 heteroatoms. The summed E-state index contributed by atoms with van der Waals surface area (Å²) in [5.74, 6) is 0. The van der Waals surface area contributed by atoms with Crippen molar-refractivity contribution < 1.29 is 5.11 Å². The fourth-order valence-corrected chi connectivity index (χ4v) is 1.36. The van der Waals surface area contributed by atoms with E-state index in [1.165, 1.54) is 0 Å². The highest BCUT2D eigenvalue weighted by molar-refractivity contribution is 5.46. The second kappa shape index (κ2) is 5.00. The van der Waals surface area contributed by atoms with Gasteiger partial charge in [-0.1, -0.05) is 6.92 Å². The summed E-state index contributed by atoms with van der Waals surface area (Å²) in [6.07, 6.45) is 3.42. The van der Waals surface area contributed by atoms with Gasteiger partial charge in [-0.15, -0.1) is 0 Å².